The number of hydrogen-bond donors (Lipinski definition) is 1. The number of fused-ring (bicyclic) bond motifs is 1. The minimum Gasteiger partial charge on any atom is -0.423 e. The van der Waals surface area contributed by atoms with Crippen LogP contribution in [0, 0.1) is 5.41 Å². The van der Waals surface area contributed by atoms with Crippen LogP contribution in [-0.2, 0) is 14.3 Å². The van der Waals surface area contributed by atoms with Crippen LogP contribution in [0.4, 0.5) is 0 Å². The second kappa shape index (κ2) is 10.7. The summed E-state index contributed by atoms with van der Waals surface area (Å²) >= 11 is 6.96. The van der Waals surface area contributed by atoms with Crippen LogP contribution in [0.5, 0.6) is 5.75 Å². The topological polar surface area (TPSA) is 125 Å². The molecule has 5 rings (SSSR count). The first-order valence-corrected chi connectivity index (χ1v) is 12.5. The molecular formula is C25H20ClN5O5S. The number of thioether (sulfide) groups is 1. The Bertz CT molecular complexity index is 1360. The lowest BCUT2D eigenvalue weighted by molar-refractivity contribution is -0.133. The summed E-state index contributed by atoms with van der Waals surface area (Å²) < 4.78 is 10.6. The standard InChI is InChI=1S/C25H20ClN5O5S/c26-17-5-3-16(4-6-17)24(34)36-18-7-1-15(2-8-18)13-19-22(27)31-25(28-23(19)33)37-20(29-31)14-21(32)30-9-11-35-12-10-30/h1-8,13,27H,9-12,14H2/b19-13-,27-22?. The van der Waals surface area contributed by atoms with E-state index in [-0.39, 0.29) is 28.9 Å². The fraction of sp³-hybridized carbons (Fsp3) is 0.200. The summed E-state index contributed by atoms with van der Waals surface area (Å²) in [6.45, 7) is 2.07. The lowest BCUT2D eigenvalue weighted by Crippen LogP contribution is -2.41. The van der Waals surface area contributed by atoms with Gasteiger partial charge in [-0.05, 0) is 59.8 Å². The number of ether oxygens (including phenoxy) is 2. The van der Waals surface area contributed by atoms with Gasteiger partial charge in [-0.1, -0.05) is 23.7 Å². The molecule has 2 aromatic carbocycles. The van der Waals surface area contributed by atoms with E-state index in [0.29, 0.717) is 53.2 Å². The van der Waals surface area contributed by atoms with Crippen molar-refractivity contribution in [3.05, 3.63) is 70.3 Å². The number of nitrogens with one attached hydrogen (secondary N) is 1. The van der Waals surface area contributed by atoms with E-state index in [1.807, 2.05) is 0 Å². The molecule has 3 heterocycles. The largest absolute Gasteiger partial charge is 0.423 e. The van der Waals surface area contributed by atoms with E-state index in [4.69, 9.17) is 26.5 Å². The number of hydrogen-bond acceptors (Lipinski definition) is 8. The molecule has 0 bridgehead atoms. The molecule has 0 saturated carbocycles. The zero-order valence-electron chi connectivity index (χ0n) is 19.3. The average Bonchev–Trinajstić information content (AvgIpc) is 3.30. The highest BCUT2D eigenvalue weighted by atomic mass is 35.5. The highest BCUT2D eigenvalue weighted by Gasteiger charge is 2.36. The number of carbonyl (C=O) groups excluding carboxylic acids is 3. The first kappa shape index (κ1) is 24.9. The monoisotopic (exact) mass is 537 g/mol. The maximum Gasteiger partial charge on any atom is 0.343 e. The van der Waals surface area contributed by atoms with Gasteiger partial charge < -0.3 is 14.4 Å². The zero-order valence-corrected chi connectivity index (χ0v) is 20.9. The minimum atomic E-state index is -0.571. The fourth-order valence-corrected chi connectivity index (χ4v) is 4.71. The van der Waals surface area contributed by atoms with Crippen molar-refractivity contribution in [2.45, 2.75) is 6.42 Å². The Balaban J connectivity index is 1.26. The minimum absolute atomic E-state index is 0.0553. The molecule has 1 fully saturated rings. The van der Waals surface area contributed by atoms with Crippen molar-refractivity contribution in [1.29, 1.82) is 5.41 Å². The highest BCUT2D eigenvalue weighted by Crippen LogP contribution is 2.30. The lowest BCUT2D eigenvalue weighted by Gasteiger charge is -2.26. The van der Waals surface area contributed by atoms with Gasteiger partial charge in [-0.15, -0.1) is 0 Å². The van der Waals surface area contributed by atoms with E-state index in [1.54, 1.807) is 53.4 Å². The van der Waals surface area contributed by atoms with Crippen LogP contribution in [0.1, 0.15) is 22.3 Å². The van der Waals surface area contributed by atoms with Gasteiger partial charge in [-0.25, -0.2) is 4.79 Å². The Morgan fingerprint density at radius 3 is 2.51 bits per heavy atom. The summed E-state index contributed by atoms with van der Waals surface area (Å²) in [5.41, 5.74) is 1.02. The number of nitrogens with zero attached hydrogens (tertiary/aromatic N) is 4. The van der Waals surface area contributed by atoms with Gasteiger partial charge in [0.2, 0.25) is 11.1 Å². The Morgan fingerprint density at radius 2 is 1.81 bits per heavy atom. The van der Waals surface area contributed by atoms with E-state index in [9.17, 15) is 14.4 Å². The molecule has 12 heteroatoms. The first-order chi connectivity index (χ1) is 17.9. The molecule has 188 valence electrons. The van der Waals surface area contributed by atoms with Crippen LogP contribution in [0.3, 0.4) is 0 Å². The number of amidine groups is 2. The molecule has 1 N–H and O–H groups in total. The molecular weight excluding hydrogens is 518 g/mol. The summed E-state index contributed by atoms with van der Waals surface area (Å²) in [7, 11) is 0. The summed E-state index contributed by atoms with van der Waals surface area (Å²) in [6.07, 6.45) is 1.59. The van der Waals surface area contributed by atoms with Crippen molar-refractivity contribution in [1.82, 2.24) is 9.91 Å². The molecule has 0 spiro atoms. The molecule has 0 atom stereocenters. The van der Waals surface area contributed by atoms with Crippen LogP contribution in [0.2, 0.25) is 5.02 Å². The quantitative estimate of drug-likeness (QED) is 0.352. The van der Waals surface area contributed by atoms with Gasteiger partial charge in [-0.3, -0.25) is 15.0 Å². The van der Waals surface area contributed by atoms with E-state index in [0.717, 1.165) is 11.8 Å². The number of carbonyl (C=O) groups is 3. The van der Waals surface area contributed by atoms with Crippen molar-refractivity contribution in [2.24, 2.45) is 10.1 Å². The van der Waals surface area contributed by atoms with Crippen molar-refractivity contribution in [3.8, 4) is 5.75 Å². The Morgan fingerprint density at radius 1 is 1.11 bits per heavy atom. The van der Waals surface area contributed by atoms with Crippen LogP contribution in [0.25, 0.3) is 6.08 Å². The number of esters is 1. The molecule has 0 aliphatic carbocycles. The third kappa shape index (κ3) is 5.63. The molecule has 2 aromatic rings. The number of aliphatic imine (C=N–C) groups is 1. The maximum absolute atomic E-state index is 12.7. The maximum atomic E-state index is 12.7. The number of benzene rings is 2. The lowest BCUT2D eigenvalue weighted by atomic mass is 10.1. The van der Waals surface area contributed by atoms with Gasteiger partial charge in [0.15, 0.2) is 5.84 Å². The van der Waals surface area contributed by atoms with Gasteiger partial charge in [0.25, 0.3) is 5.91 Å². The predicted molar refractivity (Wildman–Crippen MR) is 140 cm³/mol. The second-order valence-electron chi connectivity index (χ2n) is 8.15. The Hall–Kier alpha value is -3.80. The summed E-state index contributed by atoms with van der Waals surface area (Å²) in [5, 5.41) is 15.4. The van der Waals surface area contributed by atoms with Gasteiger partial charge in [0.1, 0.15) is 10.8 Å². The van der Waals surface area contributed by atoms with Gasteiger partial charge in [0, 0.05) is 18.1 Å². The number of rotatable bonds is 5. The summed E-state index contributed by atoms with van der Waals surface area (Å²) in [4.78, 5) is 43.3. The zero-order chi connectivity index (χ0) is 25.9. The Labute approximate surface area is 221 Å². The molecule has 10 nitrogen and oxygen atoms in total. The van der Waals surface area contributed by atoms with E-state index in [1.165, 1.54) is 11.1 Å². The van der Waals surface area contributed by atoms with Gasteiger partial charge >= 0.3 is 5.97 Å². The molecule has 3 aliphatic heterocycles. The number of halogens is 1. The summed E-state index contributed by atoms with van der Waals surface area (Å²) in [6, 6.07) is 12.8. The number of amides is 2. The molecule has 0 unspecified atom stereocenters. The predicted octanol–water partition coefficient (Wildman–Crippen LogP) is 3.43. The number of hydrazone groups is 1. The molecule has 1 saturated heterocycles. The van der Waals surface area contributed by atoms with Crippen molar-refractivity contribution < 1.29 is 23.9 Å². The van der Waals surface area contributed by atoms with Crippen LogP contribution < -0.4 is 4.74 Å². The molecule has 2 amide bonds. The fourth-order valence-electron chi connectivity index (χ4n) is 3.71. The van der Waals surface area contributed by atoms with Crippen molar-refractivity contribution in [2.75, 3.05) is 26.3 Å². The van der Waals surface area contributed by atoms with Crippen molar-refractivity contribution in [3.63, 3.8) is 0 Å². The van der Waals surface area contributed by atoms with E-state index in [2.05, 4.69) is 10.1 Å². The van der Waals surface area contributed by atoms with Crippen molar-refractivity contribution >= 4 is 63.3 Å². The molecule has 37 heavy (non-hydrogen) atoms. The van der Waals surface area contributed by atoms with Crippen LogP contribution in [-0.4, -0.2) is 70.0 Å². The van der Waals surface area contributed by atoms with E-state index < -0.39 is 11.9 Å². The number of morpholine rings is 1. The van der Waals surface area contributed by atoms with Crippen LogP contribution >= 0.6 is 23.4 Å². The average molecular weight is 538 g/mol. The van der Waals surface area contributed by atoms with Gasteiger partial charge in [-0.2, -0.15) is 15.1 Å². The molecule has 0 radical (unpaired) electrons. The second-order valence-corrected chi connectivity index (χ2v) is 9.63. The molecule has 3 aliphatic rings. The summed E-state index contributed by atoms with van der Waals surface area (Å²) in [5.74, 6) is -0.989. The highest BCUT2D eigenvalue weighted by molar-refractivity contribution is 8.27. The van der Waals surface area contributed by atoms with Gasteiger partial charge in [0.05, 0.1) is 30.8 Å². The van der Waals surface area contributed by atoms with Crippen LogP contribution in [0.15, 0.2) is 64.2 Å². The SMILES string of the molecule is N=C1/C(=C/c2ccc(OC(=O)c3ccc(Cl)cc3)cc2)C(=O)N=C2SC(CC(=O)N3CCOCC3)=NN12. The first-order valence-electron chi connectivity index (χ1n) is 11.3. The molecule has 0 aromatic heterocycles. The smallest absolute Gasteiger partial charge is 0.343 e. The van der Waals surface area contributed by atoms with E-state index >= 15 is 0 Å². The third-order valence-corrected chi connectivity index (χ3v) is 6.80. The normalized spacial score (nSPS) is 18.5. The Kier molecular flexibility index (Phi) is 7.17. The third-order valence-electron chi connectivity index (χ3n) is 5.64.